The molecule has 6 heteroatoms. The van der Waals surface area contributed by atoms with Crippen LogP contribution in [0.4, 0.5) is 8.78 Å². The van der Waals surface area contributed by atoms with Gasteiger partial charge in [-0.1, -0.05) is 30.3 Å². The third kappa shape index (κ3) is 2.36. The second-order valence-electron chi connectivity index (χ2n) is 4.93. The molecule has 23 heavy (non-hydrogen) atoms. The molecule has 1 aromatic heterocycles. The minimum Gasteiger partial charge on any atom is -0.464 e. The van der Waals surface area contributed by atoms with Gasteiger partial charge in [-0.2, -0.15) is 8.78 Å². The van der Waals surface area contributed by atoms with Gasteiger partial charge in [-0.05, 0) is 23.8 Å². The molecule has 2 aromatic carbocycles. The summed E-state index contributed by atoms with van der Waals surface area (Å²) in [4.78, 5) is 24.0. The second kappa shape index (κ2) is 5.46. The molecular formula is C17H12F2O4. The summed E-state index contributed by atoms with van der Waals surface area (Å²) in [6.45, 7) is 1.20. The average molecular weight is 318 g/mol. The number of hydrogen-bond acceptors (Lipinski definition) is 4. The van der Waals surface area contributed by atoms with E-state index in [1.54, 1.807) is 30.3 Å². The lowest BCUT2D eigenvalue weighted by atomic mass is 10.0. The molecule has 0 aliphatic heterocycles. The highest BCUT2D eigenvalue weighted by Gasteiger charge is 2.45. The summed E-state index contributed by atoms with van der Waals surface area (Å²) >= 11 is 0. The standard InChI is InChI=1S/C17H12F2O4/c1-2-22-16(21)17(18,19)12-9-23-13-8-7-10-5-3-4-6-11(10)14(13)15(12)20/h3-9H,2H2,1H3. The van der Waals surface area contributed by atoms with Crippen LogP contribution < -0.4 is 5.43 Å². The van der Waals surface area contributed by atoms with Gasteiger partial charge in [0, 0.05) is 0 Å². The molecule has 0 radical (unpaired) electrons. The van der Waals surface area contributed by atoms with Gasteiger partial charge in [-0.15, -0.1) is 0 Å². The molecule has 4 nitrogen and oxygen atoms in total. The Morgan fingerprint density at radius 2 is 1.96 bits per heavy atom. The molecule has 3 rings (SSSR count). The summed E-state index contributed by atoms with van der Waals surface area (Å²) in [6.07, 6.45) is 0.621. The van der Waals surface area contributed by atoms with E-state index in [1.165, 1.54) is 13.0 Å². The van der Waals surface area contributed by atoms with Gasteiger partial charge in [0.1, 0.15) is 17.4 Å². The Morgan fingerprint density at radius 3 is 2.70 bits per heavy atom. The van der Waals surface area contributed by atoms with Gasteiger partial charge in [0.25, 0.3) is 0 Å². The Morgan fingerprint density at radius 1 is 1.22 bits per heavy atom. The van der Waals surface area contributed by atoms with Crippen molar-refractivity contribution < 1.29 is 22.7 Å². The first-order chi connectivity index (χ1) is 11.0. The van der Waals surface area contributed by atoms with E-state index in [4.69, 9.17) is 4.42 Å². The zero-order valence-corrected chi connectivity index (χ0v) is 12.1. The number of hydrogen-bond donors (Lipinski definition) is 0. The molecule has 3 aromatic rings. The lowest BCUT2D eigenvalue weighted by molar-refractivity contribution is -0.173. The smallest absolute Gasteiger partial charge is 0.382 e. The van der Waals surface area contributed by atoms with Gasteiger partial charge in [0.05, 0.1) is 12.0 Å². The first kappa shape index (κ1) is 15.1. The maximum absolute atomic E-state index is 14.2. The predicted octanol–water partition coefficient (Wildman–Crippen LogP) is 3.60. The quantitative estimate of drug-likeness (QED) is 0.547. The molecule has 0 fully saturated rings. The van der Waals surface area contributed by atoms with Crippen LogP contribution in [0.3, 0.4) is 0 Å². The number of carbonyl (C=O) groups is 1. The Balaban J connectivity index is 2.33. The van der Waals surface area contributed by atoms with Crippen LogP contribution in [-0.4, -0.2) is 12.6 Å². The molecule has 0 amide bonds. The molecule has 0 saturated carbocycles. The van der Waals surface area contributed by atoms with Crippen molar-refractivity contribution in [1.29, 1.82) is 0 Å². The van der Waals surface area contributed by atoms with Gasteiger partial charge in [0.15, 0.2) is 0 Å². The van der Waals surface area contributed by atoms with E-state index < -0.39 is 22.9 Å². The fourth-order valence-electron chi connectivity index (χ4n) is 2.44. The van der Waals surface area contributed by atoms with Crippen LogP contribution in [0.15, 0.2) is 51.9 Å². The maximum Gasteiger partial charge on any atom is 0.382 e. The molecule has 118 valence electrons. The third-order valence-corrected chi connectivity index (χ3v) is 3.54. The summed E-state index contributed by atoms with van der Waals surface area (Å²) in [7, 11) is 0. The molecule has 0 bridgehead atoms. The van der Waals surface area contributed by atoms with E-state index >= 15 is 0 Å². The summed E-state index contributed by atoms with van der Waals surface area (Å²) in [5, 5.41) is 1.22. The van der Waals surface area contributed by atoms with E-state index in [2.05, 4.69) is 4.74 Å². The fraction of sp³-hybridized carbons (Fsp3) is 0.176. The number of alkyl halides is 2. The van der Waals surface area contributed by atoms with Crippen molar-refractivity contribution in [3.05, 3.63) is 58.4 Å². The lowest BCUT2D eigenvalue weighted by Gasteiger charge is -2.14. The first-order valence-electron chi connectivity index (χ1n) is 6.95. The van der Waals surface area contributed by atoms with Crippen LogP contribution in [0, 0.1) is 0 Å². The number of rotatable bonds is 3. The normalized spacial score (nSPS) is 11.8. The summed E-state index contributed by atoms with van der Waals surface area (Å²) in [5.41, 5.74) is -1.79. The van der Waals surface area contributed by atoms with Crippen LogP contribution in [0.5, 0.6) is 0 Å². The third-order valence-electron chi connectivity index (χ3n) is 3.54. The van der Waals surface area contributed by atoms with Crippen LogP contribution >= 0.6 is 0 Å². The summed E-state index contributed by atoms with van der Waals surface area (Å²) < 4.78 is 37.9. The van der Waals surface area contributed by atoms with E-state index in [0.29, 0.717) is 17.0 Å². The highest BCUT2D eigenvalue weighted by Crippen LogP contribution is 2.30. The molecule has 0 atom stereocenters. The molecule has 0 spiro atoms. The number of fused-ring (bicyclic) bond motifs is 3. The SMILES string of the molecule is CCOC(=O)C(F)(F)c1coc2ccc3ccccc3c2c1=O. The lowest BCUT2D eigenvalue weighted by Crippen LogP contribution is -2.33. The Kier molecular flexibility index (Phi) is 3.60. The van der Waals surface area contributed by atoms with Gasteiger partial charge >= 0.3 is 11.9 Å². The molecule has 0 aliphatic rings. The van der Waals surface area contributed by atoms with Crippen molar-refractivity contribution in [2.75, 3.05) is 6.61 Å². The van der Waals surface area contributed by atoms with Crippen molar-refractivity contribution in [3.63, 3.8) is 0 Å². The fourth-order valence-corrected chi connectivity index (χ4v) is 2.44. The number of carbonyl (C=O) groups excluding carboxylic acids is 1. The Hall–Kier alpha value is -2.76. The number of halogens is 2. The molecule has 0 N–H and O–H groups in total. The van der Waals surface area contributed by atoms with E-state index in [0.717, 1.165) is 0 Å². The van der Waals surface area contributed by atoms with Crippen LogP contribution in [0.25, 0.3) is 21.7 Å². The first-order valence-corrected chi connectivity index (χ1v) is 6.95. The van der Waals surface area contributed by atoms with Crippen molar-refractivity contribution in [3.8, 4) is 0 Å². The van der Waals surface area contributed by atoms with E-state index in [1.807, 2.05) is 0 Å². The van der Waals surface area contributed by atoms with Crippen molar-refractivity contribution >= 4 is 27.7 Å². The van der Waals surface area contributed by atoms with Crippen LogP contribution in [0.2, 0.25) is 0 Å². The second-order valence-corrected chi connectivity index (χ2v) is 4.93. The zero-order chi connectivity index (χ0) is 16.6. The maximum atomic E-state index is 14.2. The number of benzene rings is 2. The minimum absolute atomic E-state index is 0.0181. The predicted molar refractivity (Wildman–Crippen MR) is 80.5 cm³/mol. The van der Waals surface area contributed by atoms with Crippen molar-refractivity contribution in [2.45, 2.75) is 12.8 Å². The minimum atomic E-state index is -4.07. The van der Waals surface area contributed by atoms with Gasteiger partial charge in [-0.25, -0.2) is 4.79 Å². The summed E-state index contributed by atoms with van der Waals surface area (Å²) in [5.74, 6) is -5.84. The molecular weight excluding hydrogens is 306 g/mol. The van der Waals surface area contributed by atoms with Gasteiger partial charge in [0.2, 0.25) is 5.43 Å². The summed E-state index contributed by atoms with van der Waals surface area (Å²) in [6, 6.07) is 10.1. The van der Waals surface area contributed by atoms with Gasteiger partial charge < -0.3 is 9.15 Å². The van der Waals surface area contributed by atoms with Crippen molar-refractivity contribution in [2.24, 2.45) is 0 Å². The van der Waals surface area contributed by atoms with Crippen LogP contribution in [-0.2, 0) is 15.5 Å². The van der Waals surface area contributed by atoms with E-state index in [9.17, 15) is 18.4 Å². The van der Waals surface area contributed by atoms with Crippen molar-refractivity contribution in [1.82, 2.24) is 0 Å². The topological polar surface area (TPSA) is 56.5 Å². The molecule has 0 saturated heterocycles. The molecule has 0 aliphatic carbocycles. The number of esters is 1. The molecule has 0 unspecified atom stereocenters. The Bertz CT molecular complexity index is 960. The monoisotopic (exact) mass is 318 g/mol. The zero-order valence-electron chi connectivity index (χ0n) is 12.1. The van der Waals surface area contributed by atoms with Crippen LogP contribution in [0.1, 0.15) is 12.5 Å². The largest absolute Gasteiger partial charge is 0.464 e. The Labute approximate surface area is 129 Å². The average Bonchev–Trinajstić information content (AvgIpc) is 2.54. The highest BCUT2D eigenvalue weighted by molar-refractivity contribution is 6.05. The highest BCUT2D eigenvalue weighted by atomic mass is 19.3. The van der Waals surface area contributed by atoms with E-state index in [-0.39, 0.29) is 17.6 Å². The van der Waals surface area contributed by atoms with Gasteiger partial charge in [-0.3, -0.25) is 4.79 Å². The molecule has 1 heterocycles. The number of ether oxygens (including phenoxy) is 1.